The first-order valence-electron chi connectivity index (χ1n) is 21.8. The second-order valence-electron chi connectivity index (χ2n) is 17.6. The summed E-state index contributed by atoms with van der Waals surface area (Å²) in [5.74, 6) is -6.05. The number of fused-ring (bicyclic) bond motifs is 3. The molecule has 3 fully saturated rings. The van der Waals surface area contributed by atoms with Gasteiger partial charge in [-0.25, -0.2) is 4.79 Å². The molecular formula is C46H73NO11. The van der Waals surface area contributed by atoms with E-state index in [1.807, 2.05) is 27.7 Å². The Hall–Kier alpha value is -2.74. The molecule has 13 unspecified atom stereocenters. The minimum absolute atomic E-state index is 0.0383. The van der Waals surface area contributed by atoms with Crippen molar-refractivity contribution >= 4 is 23.4 Å². The first-order chi connectivity index (χ1) is 27.6. The van der Waals surface area contributed by atoms with E-state index >= 15 is 0 Å². The van der Waals surface area contributed by atoms with Gasteiger partial charge in [-0.1, -0.05) is 51.5 Å². The largest absolute Gasteiger partial charge is 0.456 e. The average molecular weight is 816 g/mol. The van der Waals surface area contributed by atoms with E-state index in [1.54, 1.807) is 34.3 Å². The highest BCUT2D eigenvalue weighted by molar-refractivity contribution is 6.39. The lowest BCUT2D eigenvalue weighted by Crippen LogP contribution is -2.64. The van der Waals surface area contributed by atoms with E-state index in [0.717, 1.165) is 30.4 Å². The van der Waals surface area contributed by atoms with Gasteiger partial charge in [0.1, 0.15) is 24.0 Å². The van der Waals surface area contributed by atoms with Crippen molar-refractivity contribution in [2.45, 2.75) is 167 Å². The lowest BCUT2D eigenvalue weighted by Gasteiger charge is -2.47. The van der Waals surface area contributed by atoms with Gasteiger partial charge in [0.25, 0.3) is 11.7 Å². The Bertz CT molecular complexity index is 1480. The van der Waals surface area contributed by atoms with Crippen LogP contribution in [0.5, 0.6) is 0 Å². The Kier molecular flexibility index (Phi) is 18.3. The van der Waals surface area contributed by atoms with Crippen LogP contribution >= 0.6 is 0 Å². The highest BCUT2D eigenvalue weighted by atomic mass is 16.7. The Morgan fingerprint density at radius 3 is 2.29 bits per heavy atom. The van der Waals surface area contributed by atoms with Gasteiger partial charge < -0.3 is 38.4 Å². The van der Waals surface area contributed by atoms with Gasteiger partial charge in [0.05, 0.1) is 31.0 Å². The molecule has 13 atom stereocenters. The molecule has 1 N–H and O–H groups in total. The highest BCUT2D eigenvalue weighted by Crippen LogP contribution is 2.39. The second-order valence-corrected chi connectivity index (χ2v) is 17.6. The molecular weight excluding hydrogens is 743 g/mol. The standard InChI is InChI=1S/C46H73NO11/c1-11-21-56-37-19-17-33(27-38(37)53-8)25-31(6)41-30(5)16-18-36(48)34(12-2)23-28(3)22-29(4)24-39(54-9)42-40(55-10)26-32(7)46(52,58-42)43(49)44(50)47-20-14-13-15-35(47)45(51)57-41/h11,23,25,29-30,32-35,37-42,52H,1,12-22,24,26-27H2,2-10H3/b28-23+,31-25?. The van der Waals surface area contributed by atoms with Crippen LogP contribution in [0.2, 0.25) is 0 Å². The number of piperidine rings is 1. The van der Waals surface area contributed by atoms with Gasteiger partial charge in [-0.2, -0.15) is 0 Å². The van der Waals surface area contributed by atoms with Crippen LogP contribution in [0.1, 0.15) is 119 Å². The van der Waals surface area contributed by atoms with Crippen LogP contribution < -0.4 is 0 Å². The molecule has 328 valence electrons. The fourth-order valence-electron chi connectivity index (χ4n) is 9.76. The van der Waals surface area contributed by atoms with Gasteiger partial charge >= 0.3 is 5.97 Å². The number of carbonyl (C=O) groups excluding carboxylic acids is 4. The lowest BCUT2D eigenvalue weighted by atomic mass is 9.82. The molecule has 58 heavy (non-hydrogen) atoms. The summed E-state index contributed by atoms with van der Waals surface area (Å²) in [6, 6.07) is -1.03. The number of hydrogen-bond donors (Lipinski definition) is 1. The number of ketones is 2. The third-order valence-electron chi connectivity index (χ3n) is 13.2. The summed E-state index contributed by atoms with van der Waals surface area (Å²) in [5, 5.41) is 12.1. The number of aliphatic hydroxyl groups is 1. The summed E-state index contributed by atoms with van der Waals surface area (Å²) in [6.45, 7) is 16.2. The summed E-state index contributed by atoms with van der Waals surface area (Å²) in [4.78, 5) is 57.9. The number of carbonyl (C=O) groups is 4. The van der Waals surface area contributed by atoms with Crippen molar-refractivity contribution in [1.29, 1.82) is 0 Å². The normalized spacial score (nSPS) is 39.2. The summed E-state index contributed by atoms with van der Waals surface area (Å²) in [6.07, 6.45) is 10.1. The van der Waals surface area contributed by atoms with Gasteiger partial charge in [0.15, 0.2) is 0 Å². The predicted octanol–water partition coefficient (Wildman–Crippen LogP) is 6.71. The molecule has 0 aromatic rings. The van der Waals surface area contributed by atoms with Crippen molar-refractivity contribution in [2.24, 2.45) is 29.6 Å². The summed E-state index contributed by atoms with van der Waals surface area (Å²) < 4.78 is 36.3. The first kappa shape index (κ1) is 47.9. The van der Waals surface area contributed by atoms with Gasteiger partial charge in [-0.15, -0.1) is 6.58 Å². The molecule has 1 amide bonds. The molecule has 2 bridgehead atoms. The molecule has 0 aromatic carbocycles. The number of methoxy groups -OCH3 is 3. The Balaban J connectivity index is 1.72. The van der Waals surface area contributed by atoms with E-state index in [2.05, 4.69) is 25.7 Å². The highest BCUT2D eigenvalue weighted by Gasteiger charge is 2.56. The Labute approximate surface area is 347 Å². The fourth-order valence-corrected chi connectivity index (χ4v) is 9.76. The van der Waals surface area contributed by atoms with Crippen molar-refractivity contribution in [3.05, 3.63) is 36.0 Å². The minimum atomic E-state index is -2.46. The number of ether oxygens (including phenoxy) is 6. The zero-order valence-corrected chi connectivity index (χ0v) is 36.7. The van der Waals surface area contributed by atoms with Gasteiger partial charge in [0.2, 0.25) is 5.79 Å². The number of esters is 1. The van der Waals surface area contributed by atoms with Gasteiger partial charge in [0, 0.05) is 46.1 Å². The maximum Gasteiger partial charge on any atom is 0.329 e. The van der Waals surface area contributed by atoms with Crippen molar-refractivity contribution in [3.8, 4) is 0 Å². The number of Topliss-reactive ketones (excluding diaryl/α,β-unsaturated/α-hetero) is 2. The fraction of sp³-hybridized carbons (Fsp3) is 0.783. The number of hydrogen-bond acceptors (Lipinski definition) is 11. The van der Waals surface area contributed by atoms with E-state index in [9.17, 15) is 24.3 Å². The van der Waals surface area contributed by atoms with E-state index < -0.39 is 59.8 Å². The van der Waals surface area contributed by atoms with Crippen LogP contribution in [-0.2, 0) is 47.6 Å². The van der Waals surface area contributed by atoms with Crippen molar-refractivity contribution in [1.82, 2.24) is 4.90 Å². The molecule has 1 saturated carbocycles. The Morgan fingerprint density at radius 1 is 0.948 bits per heavy atom. The molecule has 12 heteroatoms. The number of cyclic esters (lactones) is 1. The molecule has 0 spiro atoms. The van der Waals surface area contributed by atoms with Crippen LogP contribution in [0, 0.1) is 29.6 Å². The quantitative estimate of drug-likeness (QED) is 0.151. The lowest BCUT2D eigenvalue weighted by molar-refractivity contribution is -0.302. The smallest absolute Gasteiger partial charge is 0.329 e. The SMILES string of the molecule is C=CCOC1CCC(C=C(C)C2OC(=O)C3CCCCN3C(=O)C(=O)C3(O)OC(C(OC)CC(C)C/C(C)=C/C(CC)C(=O)CCC2C)C(OC)CC3C)CC1OC. The van der Waals surface area contributed by atoms with Crippen LogP contribution in [-0.4, -0.2) is 116 Å². The van der Waals surface area contributed by atoms with E-state index in [-0.39, 0.29) is 54.6 Å². The van der Waals surface area contributed by atoms with E-state index in [4.69, 9.17) is 28.4 Å². The molecule has 12 nitrogen and oxygen atoms in total. The predicted molar refractivity (Wildman–Crippen MR) is 221 cm³/mol. The summed E-state index contributed by atoms with van der Waals surface area (Å²) in [5.41, 5.74) is 1.95. The topological polar surface area (TPSA) is 147 Å². The molecule has 3 aliphatic heterocycles. The summed E-state index contributed by atoms with van der Waals surface area (Å²) >= 11 is 0. The van der Waals surface area contributed by atoms with Crippen LogP contribution in [0.15, 0.2) is 36.0 Å². The first-order valence-corrected chi connectivity index (χ1v) is 21.8. The van der Waals surface area contributed by atoms with E-state index in [1.165, 1.54) is 4.90 Å². The molecule has 4 rings (SSSR count). The minimum Gasteiger partial charge on any atom is -0.456 e. The summed E-state index contributed by atoms with van der Waals surface area (Å²) in [7, 11) is 4.81. The van der Waals surface area contributed by atoms with Gasteiger partial charge in [-0.3, -0.25) is 14.4 Å². The third-order valence-corrected chi connectivity index (χ3v) is 13.2. The monoisotopic (exact) mass is 816 g/mol. The van der Waals surface area contributed by atoms with Crippen molar-refractivity contribution in [3.63, 3.8) is 0 Å². The molecule has 1 aliphatic carbocycles. The Morgan fingerprint density at radius 2 is 1.64 bits per heavy atom. The molecule has 0 radical (unpaired) electrons. The molecule has 4 aliphatic rings. The van der Waals surface area contributed by atoms with Crippen molar-refractivity contribution in [2.75, 3.05) is 34.5 Å². The van der Waals surface area contributed by atoms with Crippen molar-refractivity contribution < 1.29 is 52.7 Å². The van der Waals surface area contributed by atoms with E-state index in [0.29, 0.717) is 58.0 Å². The average Bonchev–Trinajstić information content (AvgIpc) is 3.21. The number of allylic oxidation sites excluding steroid dienone is 3. The molecule has 2 saturated heterocycles. The number of nitrogens with zero attached hydrogens (tertiary/aromatic N) is 1. The zero-order valence-electron chi connectivity index (χ0n) is 36.7. The second kappa shape index (κ2) is 22.2. The van der Waals surface area contributed by atoms with Crippen LogP contribution in [0.3, 0.4) is 0 Å². The third kappa shape index (κ3) is 11.8. The number of rotatable bonds is 9. The van der Waals surface area contributed by atoms with Crippen LogP contribution in [0.4, 0.5) is 0 Å². The maximum absolute atomic E-state index is 14.4. The van der Waals surface area contributed by atoms with Crippen LogP contribution in [0.25, 0.3) is 0 Å². The molecule has 0 aromatic heterocycles. The number of amides is 1. The zero-order chi connectivity index (χ0) is 42.7. The molecule has 3 heterocycles. The van der Waals surface area contributed by atoms with Gasteiger partial charge in [-0.05, 0) is 108 Å². The maximum atomic E-state index is 14.4.